The minimum absolute atomic E-state index is 0.0333. The smallest absolute Gasteiger partial charge is 0.331 e. The summed E-state index contributed by atoms with van der Waals surface area (Å²) in [6.45, 7) is 4.13. The van der Waals surface area contributed by atoms with Crippen LogP contribution in [-0.4, -0.2) is 42.3 Å². The molecular formula is C27H32BrFN2O5. The molecule has 1 heterocycles. The molecule has 0 unspecified atom stereocenters. The second-order valence-electron chi connectivity index (χ2n) is 8.62. The number of esters is 1. The van der Waals surface area contributed by atoms with Gasteiger partial charge in [-0.05, 0) is 58.5 Å². The Hall–Kier alpha value is -2.78. The zero-order chi connectivity index (χ0) is 26.0. The summed E-state index contributed by atoms with van der Waals surface area (Å²) in [6.07, 6.45) is 3.29. The molecule has 1 aromatic carbocycles. The number of hydrogen-bond donors (Lipinski definition) is 1. The van der Waals surface area contributed by atoms with Crippen molar-refractivity contribution in [3.63, 3.8) is 0 Å². The highest BCUT2D eigenvalue weighted by atomic mass is 79.9. The summed E-state index contributed by atoms with van der Waals surface area (Å²) in [7, 11) is 0. The molecule has 194 valence electrons. The lowest BCUT2D eigenvalue weighted by Gasteiger charge is -2.30. The Balaban J connectivity index is 1.57. The van der Waals surface area contributed by atoms with Crippen LogP contribution < -0.4 is 10.1 Å². The first-order valence-corrected chi connectivity index (χ1v) is 12.9. The third-order valence-electron chi connectivity index (χ3n) is 6.11. The molecule has 1 amide bonds. The van der Waals surface area contributed by atoms with Crippen LogP contribution in [0.1, 0.15) is 55.6 Å². The predicted octanol–water partition coefficient (Wildman–Crippen LogP) is 5.53. The summed E-state index contributed by atoms with van der Waals surface area (Å²) >= 11 is 3.40. The summed E-state index contributed by atoms with van der Waals surface area (Å²) in [6, 6.07) is 13.2. The quantitative estimate of drug-likeness (QED) is 0.185. The van der Waals surface area contributed by atoms with Gasteiger partial charge in [-0.3, -0.25) is 9.18 Å². The maximum atomic E-state index is 13.0. The van der Waals surface area contributed by atoms with E-state index in [1.165, 1.54) is 0 Å². The predicted molar refractivity (Wildman–Crippen MR) is 137 cm³/mol. The van der Waals surface area contributed by atoms with E-state index in [0.29, 0.717) is 36.4 Å². The molecule has 1 atom stereocenters. The number of nitrogens with one attached hydrogen (secondary N) is 1. The number of aromatic nitrogens is 1. The largest absolute Gasteiger partial charge is 0.464 e. The van der Waals surface area contributed by atoms with Crippen molar-refractivity contribution in [2.75, 3.05) is 19.9 Å². The topological polar surface area (TPSA) is 86.8 Å². The molecular weight excluding hydrogens is 531 g/mol. The molecule has 0 saturated heterocycles. The fourth-order valence-corrected chi connectivity index (χ4v) is 3.91. The molecule has 0 bridgehead atoms. The van der Waals surface area contributed by atoms with Crippen molar-refractivity contribution in [3.8, 4) is 5.88 Å². The maximum absolute atomic E-state index is 13.0. The molecule has 1 aromatic heterocycles. The molecule has 1 aliphatic rings. The molecule has 36 heavy (non-hydrogen) atoms. The zero-order valence-corrected chi connectivity index (χ0v) is 22.2. The van der Waals surface area contributed by atoms with Gasteiger partial charge in [0, 0.05) is 12.3 Å². The molecule has 7 nitrogen and oxygen atoms in total. The first-order valence-electron chi connectivity index (χ1n) is 12.1. The highest BCUT2D eigenvalue weighted by Gasteiger charge is 2.38. The number of carbonyl (C=O) groups excluding carboxylic acids is 2. The van der Waals surface area contributed by atoms with Crippen LogP contribution in [0.15, 0.2) is 58.8 Å². The van der Waals surface area contributed by atoms with Crippen molar-refractivity contribution in [2.24, 2.45) is 5.92 Å². The monoisotopic (exact) mass is 562 g/mol. The Labute approximate surface area is 219 Å². The lowest BCUT2D eigenvalue weighted by atomic mass is 9.92. The molecule has 1 N–H and O–H groups in total. The van der Waals surface area contributed by atoms with E-state index in [1.54, 1.807) is 32.2 Å². The van der Waals surface area contributed by atoms with Gasteiger partial charge in [-0.25, -0.2) is 9.78 Å². The Morgan fingerprint density at radius 2 is 1.94 bits per heavy atom. The van der Waals surface area contributed by atoms with E-state index in [2.05, 4.69) is 26.2 Å². The minimum Gasteiger partial charge on any atom is -0.464 e. The van der Waals surface area contributed by atoms with Crippen LogP contribution >= 0.6 is 15.9 Å². The van der Waals surface area contributed by atoms with Crippen LogP contribution in [0.25, 0.3) is 0 Å². The average molecular weight is 563 g/mol. The Bertz CT molecular complexity index is 1060. The standard InChI is InChI=1S/C27H32BrFN2O5/c1-3-27(4-2,26(33)35-14-8-13-29)31-24(32)23-12-11-22(28)25(30-23)36-18-21-15-20(21)17-34-16-19-9-6-5-7-10-19/h5-7,9-12,18,20H,3-4,8,13-17H2,1-2H3,(H,31,32)/b21-18-/t20-/m1/s1. The zero-order valence-electron chi connectivity index (χ0n) is 20.6. The number of ether oxygens (including phenoxy) is 3. The van der Waals surface area contributed by atoms with Gasteiger partial charge in [-0.1, -0.05) is 44.2 Å². The third-order valence-corrected chi connectivity index (χ3v) is 6.71. The average Bonchev–Trinajstić information content (AvgIpc) is 3.65. The SMILES string of the molecule is CCC(CC)(NC(=O)c1ccc(Br)c(O/C=C2/C[C@@H]2COCc2ccccc2)n1)C(=O)OCCCF. The Kier molecular flexibility index (Phi) is 10.4. The van der Waals surface area contributed by atoms with Crippen LogP contribution in [0, 0.1) is 5.92 Å². The molecule has 2 aromatic rings. The molecule has 1 fully saturated rings. The Morgan fingerprint density at radius 3 is 2.64 bits per heavy atom. The van der Waals surface area contributed by atoms with Crippen LogP contribution in [0.4, 0.5) is 4.39 Å². The van der Waals surface area contributed by atoms with Gasteiger partial charge < -0.3 is 19.5 Å². The second kappa shape index (κ2) is 13.5. The summed E-state index contributed by atoms with van der Waals surface area (Å²) in [5, 5.41) is 2.77. The maximum Gasteiger partial charge on any atom is 0.331 e. The van der Waals surface area contributed by atoms with E-state index in [-0.39, 0.29) is 24.6 Å². The van der Waals surface area contributed by atoms with Crippen molar-refractivity contribution in [3.05, 3.63) is 70.0 Å². The summed E-state index contributed by atoms with van der Waals surface area (Å²) < 4.78 is 29.7. The number of hydrogen-bond acceptors (Lipinski definition) is 6. The van der Waals surface area contributed by atoms with Gasteiger partial charge in [-0.15, -0.1) is 0 Å². The minimum atomic E-state index is -1.22. The first kappa shape index (κ1) is 27.8. The first-order chi connectivity index (χ1) is 17.4. The van der Waals surface area contributed by atoms with Crippen LogP contribution in [0.3, 0.4) is 0 Å². The lowest BCUT2D eigenvalue weighted by Crippen LogP contribution is -2.54. The number of rotatable bonds is 14. The van der Waals surface area contributed by atoms with Crippen LogP contribution in [0.5, 0.6) is 5.88 Å². The molecule has 0 radical (unpaired) electrons. The number of carbonyl (C=O) groups is 2. The normalized spacial score (nSPS) is 16.0. The van der Waals surface area contributed by atoms with E-state index < -0.39 is 24.1 Å². The third kappa shape index (κ3) is 7.61. The Morgan fingerprint density at radius 1 is 1.19 bits per heavy atom. The van der Waals surface area contributed by atoms with Crippen molar-refractivity contribution >= 4 is 27.8 Å². The number of benzene rings is 1. The molecule has 0 aliphatic heterocycles. The van der Waals surface area contributed by atoms with Crippen molar-refractivity contribution < 1.29 is 28.2 Å². The van der Waals surface area contributed by atoms with Gasteiger partial charge in [0.15, 0.2) is 0 Å². The van der Waals surface area contributed by atoms with E-state index in [4.69, 9.17) is 14.2 Å². The molecule has 1 aliphatic carbocycles. The second-order valence-corrected chi connectivity index (χ2v) is 9.47. The van der Waals surface area contributed by atoms with Gasteiger partial charge in [0.05, 0.1) is 37.2 Å². The van der Waals surface area contributed by atoms with E-state index in [1.807, 2.05) is 30.3 Å². The molecule has 3 rings (SSSR count). The van der Waals surface area contributed by atoms with E-state index >= 15 is 0 Å². The molecule has 0 spiro atoms. The van der Waals surface area contributed by atoms with Crippen molar-refractivity contribution in [2.45, 2.75) is 51.7 Å². The summed E-state index contributed by atoms with van der Waals surface area (Å²) in [5.41, 5.74) is 1.13. The number of pyridine rings is 1. The molecule has 1 saturated carbocycles. The van der Waals surface area contributed by atoms with Gasteiger partial charge >= 0.3 is 5.97 Å². The molecule has 9 heteroatoms. The fourth-order valence-electron chi connectivity index (χ4n) is 3.60. The number of halogens is 2. The van der Waals surface area contributed by atoms with Gasteiger partial charge in [0.25, 0.3) is 5.91 Å². The summed E-state index contributed by atoms with van der Waals surface area (Å²) in [5.74, 6) is -0.557. The van der Waals surface area contributed by atoms with Gasteiger partial charge in [0.2, 0.25) is 5.88 Å². The van der Waals surface area contributed by atoms with E-state index in [9.17, 15) is 14.0 Å². The highest BCUT2D eigenvalue weighted by Crippen LogP contribution is 2.38. The van der Waals surface area contributed by atoms with Gasteiger partial charge in [-0.2, -0.15) is 0 Å². The lowest BCUT2D eigenvalue weighted by molar-refractivity contribution is -0.152. The summed E-state index contributed by atoms with van der Waals surface area (Å²) in [4.78, 5) is 29.9. The number of amides is 1. The van der Waals surface area contributed by atoms with E-state index in [0.717, 1.165) is 17.6 Å². The van der Waals surface area contributed by atoms with Crippen molar-refractivity contribution in [1.82, 2.24) is 10.3 Å². The number of alkyl halides is 1. The van der Waals surface area contributed by atoms with Crippen molar-refractivity contribution in [1.29, 1.82) is 0 Å². The van der Waals surface area contributed by atoms with Gasteiger partial charge in [0.1, 0.15) is 11.2 Å². The fraction of sp³-hybridized carbons (Fsp3) is 0.444. The van der Waals surface area contributed by atoms with Crippen LogP contribution in [-0.2, 0) is 20.9 Å². The number of nitrogens with zero attached hydrogens (tertiary/aromatic N) is 1. The highest BCUT2D eigenvalue weighted by molar-refractivity contribution is 9.10. The van der Waals surface area contributed by atoms with Crippen LogP contribution in [0.2, 0.25) is 0 Å².